The summed E-state index contributed by atoms with van der Waals surface area (Å²) in [5.74, 6) is -1.75. The fraction of sp³-hybridized carbons (Fsp3) is 0.364. The first-order chi connectivity index (χ1) is 8.80. The Labute approximate surface area is 110 Å². The van der Waals surface area contributed by atoms with Crippen molar-refractivity contribution in [1.29, 1.82) is 0 Å². The highest BCUT2D eigenvalue weighted by atomic mass is 32.2. The molecule has 0 bridgehead atoms. The zero-order valence-electron chi connectivity index (χ0n) is 10.0. The smallest absolute Gasteiger partial charge is 0.243 e. The van der Waals surface area contributed by atoms with Crippen LogP contribution in [0.1, 0.15) is 6.42 Å². The second-order valence-corrected chi connectivity index (χ2v) is 6.41. The van der Waals surface area contributed by atoms with Crippen molar-refractivity contribution in [2.75, 3.05) is 18.8 Å². The number of sulfonamides is 1. The maximum absolute atomic E-state index is 13.2. The molecule has 1 aromatic rings. The molecule has 1 atom stereocenters. The Hall–Kier alpha value is -1.67. The van der Waals surface area contributed by atoms with E-state index in [9.17, 15) is 17.6 Å². The molecular formula is C11H14FN3O3S. The maximum atomic E-state index is 13.2. The Bertz CT molecular complexity index is 597. The van der Waals surface area contributed by atoms with Gasteiger partial charge in [0.05, 0.1) is 10.8 Å². The van der Waals surface area contributed by atoms with Crippen molar-refractivity contribution in [3.63, 3.8) is 0 Å². The first-order valence-corrected chi connectivity index (χ1v) is 7.10. The molecule has 0 radical (unpaired) electrons. The molecule has 6 nitrogen and oxygen atoms in total. The fourth-order valence-corrected chi connectivity index (χ4v) is 3.63. The van der Waals surface area contributed by atoms with Gasteiger partial charge in [0, 0.05) is 18.8 Å². The molecule has 1 saturated heterocycles. The van der Waals surface area contributed by atoms with Crippen molar-refractivity contribution in [2.45, 2.75) is 11.3 Å². The van der Waals surface area contributed by atoms with Gasteiger partial charge in [-0.1, -0.05) is 0 Å². The van der Waals surface area contributed by atoms with E-state index in [0.717, 1.165) is 16.4 Å². The molecule has 19 heavy (non-hydrogen) atoms. The summed E-state index contributed by atoms with van der Waals surface area (Å²) in [6.07, 6.45) is 0.374. The number of nitrogens with two attached hydrogens (primary N) is 2. The zero-order valence-corrected chi connectivity index (χ0v) is 10.9. The van der Waals surface area contributed by atoms with Crippen molar-refractivity contribution >= 4 is 21.6 Å². The number of amides is 1. The standard InChI is InChI=1S/C11H14FN3O3S/c12-8-3-9(13)5-10(4-8)19(17,18)15-2-1-7(6-15)11(14)16/h3-5,7H,1-2,6,13H2,(H2,14,16). The molecule has 4 N–H and O–H groups in total. The van der Waals surface area contributed by atoms with Gasteiger partial charge >= 0.3 is 0 Å². The number of halogens is 1. The molecule has 1 unspecified atom stereocenters. The van der Waals surface area contributed by atoms with E-state index in [2.05, 4.69) is 0 Å². The van der Waals surface area contributed by atoms with Crippen molar-refractivity contribution in [1.82, 2.24) is 4.31 Å². The highest BCUT2D eigenvalue weighted by Gasteiger charge is 2.35. The lowest BCUT2D eigenvalue weighted by Crippen LogP contribution is -2.31. The average molecular weight is 287 g/mol. The largest absolute Gasteiger partial charge is 0.399 e. The van der Waals surface area contributed by atoms with Crippen LogP contribution in [0.3, 0.4) is 0 Å². The van der Waals surface area contributed by atoms with Crippen LogP contribution in [0.25, 0.3) is 0 Å². The molecule has 2 rings (SSSR count). The van der Waals surface area contributed by atoms with Gasteiger partial charge in [-0.15, -0.1) is 0 Å². The monoisotopic (exact) mass is 287 g/mol. The van der Waals surface area contributed by atoms with Crippen LogP contribution in [-0.4, -0.2) is 31.7 Å². The summed E-state index contributed by atoms with van der Waals surface area (Å²) < 4.78 is 38.9. The number of nitrogens with zero attached hydrogens (tertiary/aromatic N) is 1. The Kier molecular flexibility index (Phi) is 3.46. The van der Waals surface area contributed by atoms with E-state index in [1.807, 2.05) is 0 Å². The van der Waals surface area contributed by atoms with Gasteiger partial charge in [-0.05, 0) is 24.6 Å². The van der Waals surface area contributed by atoms with Crippen LogP contribution < -0.4 is 11.5 Å². The number of hydrogen-bond acceptors (Lipinski definition) is 4. The van der Waals surface area contributed by atoms with Gasteiger partial charge in [0.2, 0.25) is 15.9 Å². The van der Waals surface area contributed by atoms with Crippen molar-refractivity contribution in [3.8, 4) is 0 Å². The van der Waals surface area contributed by atoms with E-state index in [1.165, 1.54) is 6.07 Å². The zero-order chi connectivity index (χ0) is 14.2. The quantitative estimate of drug-likeness (QED) is 0.757. The van der Waals surface area contributed by atoms with E-state index < -0.39 is 27.7 Å². The second-order valence-electron chi connectivity index (χ2n) is 4.47. The summed E-state index contributed by atoms with van der Waals surface area (Å²) in [7, 11) is -3.84. The molecule has 1 aliphatic rings. The minimum Gasteiger partial charge on any atom is -0.399 e. The van der Waals surface area contributed by atoms with Gasteiger partial charge in [-0.3, -0.25) is 4.79 Å². The van der Waals surface area contributed by atoms with Crippen molar-refractivity contribution in [2.24, 2.45) is 11.7 Å². The topological polar surface area (TPSA) is 106 Å². The van der Waals surface area contributed by atoms with Crippen molar-refractivity contribution in [3.05, 3.63) is 24.0 Å². The number of rotatable bonds is 3. The number of anilines is 1. The summed E-state index contributed by atoms with van der Waals surface area (Å²) in [6.45, 7) is 0.209. The van der Waals surface area contributed by atoms with Gasteiger partial charge in [-0.25, -0.2) is 12.8 Å². The van der Waals surface area contributed by atoms with E-state index >= 15 is 0 Å². The summed E-state index contributed by atoms with van der Waals surface area (Å²) in [5, 5.41) is 0. The third kappa shape index (κ3) is 2.69. The molecular weight excluding hydrogens is 273 g/mol. The lowest BCUT2D eigenvalue weighted by Gasteiger charge is -2.16. The summed E-state index contributed by atoms with van der Waals surface area (Å²) >= 11 is 0. The third-order valence-corrected chi connectivity index (χ3v) is 4.93. The first kappa shape index (κ1) is 13.8. The van der Waals surface area contributed by atoms with E-state index in [4.69, 9.17) is 11.5 Å². The van der Waals surface area contributed by atoms with E-state index in [-0.39, 0.29) is 23.7 Å². The van der Waals surface area contributed by atoms with Gasteiger partial charge in [0.25, 0.3) is 0 Å². The van der Waals surface area contributed by atoms with Gasteiger partial charge in [0.15, 0.2) is 0 Å². The van der Waals surface area contributed by atoms with E-state index in [0.29, 0.717) is 6.42 Å². The molecule has 1 aliphatic heterocycles. The summed E-state index contributed by atoms with van der Waals surface area (Å²) in [6, 6.07) is 3.13. The predicted octanol–water partition coefficient (Wildman–Crippen LogP) is -0.0962. The Balaban J connectivity index is 2.31. The van der Waals surface area contributed by atoms with Crippen LogP contribution in [0, 0.1) is 11.7 Å². The first-order valence-electron chi connectivity index (χ1n) is 5.66. The van der Waals surface area contributed by atoms with E-state index in [1.54, 1.807) is 0 Å². The van der Waals surface area contributed by atoms with Gasteiger partial charge < -0.3 is 11.5 Å². The molecule has 1 heterocycles. The van der Waals surface area contributed by atoms with Crippen LogP contribution in [-0.2, 0) is 14.8 Å². The molecule has 1 fully saturated rings. The lowest BCUT2D eigenvalue weighted by molar-refractivity contribution is -0.121. The average Bonchev–Trinajstić information content (AvgIpc) is 2.77. The van der Waals surface area contributed by atoms with Gasteiger partial charge in [0.1, 0.15) is 5.82 Å². The number of carbonyl (C=O) groups excluding carboxylic acids is 1. The van der Waals surface area contributed by atoms with Crippen LogP contribution in [0.5, 0.6) is 0 Å². The number of nitrogen functional groups attached to an aromatic ring is 1. The summed E-state index contributed by atoms with van der Waals surface area (Å²) in [4.78, 5) is 10.8. The number of primary amides is 1. The van der Waals surface area contributed by atoms with Crippen LogP contribution >= 0.6 is 0 Å². The Morgan fingerprint density at radius 1 is 1.37 bits per heavy atom. The Morgan fingerprint density at radius 3 is 2.58 bits per heavy atom. The third-order valence-electron chi connectivity index (χ3n) is 3.08. The molecule has 0 aliphatic carbocycles. The molecule has 0 spiro atoms. The molecule has 0 aromatic heterocycles. The predicted molar refractivity (Wildman–Crippen MR) is 66.9 cm³/mol. The number of hydrogen-bond donors (Lipinski definition) is 2. The molecule has 1 amide bonds. The SMILES string of the molecule is NC(=O)C1CCN(S(=O)(=O)c2cc(N)cc(F)c2)C1. The highest BCUT2D eigenvalue weighted by Crippen LogP contribution is 2.25. The second kappa shape index (κ2) is 4.78. The number of benzene rings is 1. The molecule has 8 heteroatoms. The molecule has 104 valence electrons. The highest BCUT2D eigenvalue weighted by molar-refractivity contribution is 7.89. The lowest BCUT2D eigenvalue weighted by atomic mass is 10.1. The van der Waals surface area contributed by atoms with Crippen LogP contribution in [0.15, 0.2) is 23.1 Å². The molecule has 1 aromatic carbocycles. The van der Waals surface area contributed by atoms with Crippen molar-refractivity contribution < 1.29 is 17.6 Å². The maximum Gasteiger partial charge on any atom is 0.243 e. The summed E-state index contributed by atoms with van der Waals surface area (Å²) in [5.41, 5.74) is 10.6. The van der Waals surface area contributed by atoms with Crippen LogP contribution in [0.2, 0.25) is 0 Å². The molecule has 0 saturated carbocycles. The normalized spacial score (nSPS) is 20.6. The van der Waals surface area contributed by atoms with Crippen LogP contribution in [0.4, 0.5) is 10.1 Å². The van der Waals surface area contributed by atoms with Gasteiger partial charge in [-0.2, -0.15) is 4.31 Å². The minimum atomic E-state index is -3.84. The Morgan fingerprint density at radius 2 is 2.05 bits per heavy atom. The fourth-order valence-electron chi connectivity index (χ4n) is 2.06. The minimum absolute atomic E-state index is 0.0219. The number of carbonyl (C=O) groups is 1.